The van der Waals surface area contributed by atoms with Crippen molar-refractivity contribution in [2.75, 3.05) is 13.2 Å². The molecule has 214 valence electrons. The Morgan fingerprint density at radius 1 is 1.23 bits per heavy atom. The van der Waals surface area contributed by atoms with Gasteiger partial charge in [0.1, 0.15) is 31.7 Å². The monoisotopic (exact) mass is 564 g/mol. The van der Waals surface area contributed by atoms with Crippen LogP contribution in [0.3, 0.4) is 0 Å². The van der Waals surface area contributed by atoms with Crippen LogP contribution >= 0.6 is 0 Å². The molecule has 0 bridgehead atoms. The molecule has 1 aliphatic rings. The predicted octanol–water partition coefficient (Wildman–Crippen LogP) is 5.82. The number of carbonyl (C=O) groups is 2. The molecule has 0 unspecified atom stereocenters. The Morgan fingerprint density at radius 2 is 2.00 bits per heavy atom. The van der Waals surface area contributed by atoms with Gasteiger partial charge in [-0.3, -0.25) is 9.69 Å². The molecule has 0 aliphatic carbocycles. The number of ketones is 1. The molecular weight excluding hydrogens is 523 g/mol. The molecule has 9 nitrogen and oxygen atoms in total. The van der Waals surface area contributed by atoms with Crippen LogP contribution in [0.15, 0.2) is 41.1 Å². The lowest BCUT2D eigenvalue weighted by Gasteiger charge is -2.28. The number of imidazole rings is 1. The molecule has 2 aromatic heterocycles. The topological polar surface area (TPSA) is 99.7 Å². The van der Waals surface area contributed by atoms with Gasteiger partial charge in [-0.15, -0.1) is 0 Å². The van der Waals surface area contributed by atoms with E-state index in [0.717, 1.165) is 30.3 Å². The van der Waals surface area contributed by atoms with Crippen molar-refractivity contribution in [3.63, 3.8) is 0 Å². The number of ether oxygens (including phenoxy) is 2. The summed E-state index contributed by atoms with van der Waals surface area (Å²) in [6.45, 7) is 14.2. The number of rotatable bonds is 10. The molecule has 1 aliphatic heterocycles. The summed E-state index contributed by atoms with van der Waals surface area (Å²) in [5.74, 6) is 1.72. The van der Waals surface area contributed by atoms with E-state index < -0.39 is 13.7 Å². The van der Waals surface area contributed by atoms with Gasteiger partial charge in [0.2, 0.25) is 5.89 Å². The summed E-state index contributed by atoms with van der Waals surface area (Å²) in [6.07, 6.45) is 5.26. The Kier molecular flexibility index (Phi) is 9.04. The minimum atomic E-state index is -1.24. The maximum Gasteiger partial charge on any atom is 0.410 e. The lowest BCUT2D eigenvalue weighted by molar-refractivity contribution is 0.0204. The van der Waals surface area contributed by atoms with Gasteiger partial charge in [0.25, 0.3) is 0 Å². The number of likely N-dealkylation sites (tertiary alicyclic amines) is 1. The van der Waals surface area contributed by atoms with Crippen molar-refractivity contribution in [1.29, 1.82) is 0 Å². The third kappa shape index (κ3) is 7.51. The van der Waals surface area contributed by atoms with E-state index in [-0.39, 0.29) is 17.9 Å². The van der Waals surface area contributed by atoms with Gasteiger partial charge in [0.15, 0.2) is 11.5 Å². The van der Waals surface area contributed by atoms with Crippen molar-refractivity contribution in [1.82, 2.24) is 19.4 Å². The summed E-state index contributed by atoms with van der Waals surface area (Å²) in [7, 11) is 0.606. The number of nitrogens with zero attached hydrogens (tertiary/aromatic N) is 4. The molecule has 0 radical (unpaired) electrons. The first-order chi connectivity index (χ1) is 18.8. The third-order valence-corrected chi connectivity index (χ3v) is 8.43. The first-order valence-electron chi connectivity index (χ1n) is 14.1. The standard InChI is InChI=1S/C29H41BN4O5Si/c1-29(2,3)39-28(36)34-12-8-11-23(34)26-32-22(18-33(26)19-37-13-14-40(4,5)6)27-31-17-25(38-27)21-10-7-9-20(15-21)24(35)16-30/h7,9-10,15,17-18,23H,8,11-14,16,19,30H2,1-6H3/t23-/m0/s1. The highest BCUT2D eigenvalue weighted by Gasteiger charge is 2.36. The van der Waals surface area contributed by atoms with Crippen LogP contribution in [-0.2, 0) is 16.2 Å². The Labute approximate surface area is 238 Å². The van der Waals surface area contributed by atoms with Gasteiger partial charge < -0.3 is 18.5 Å². The number of hydrogen-bond acceptors (Lipinski definition) is 7. The molecule has 1 atom stereocenters. The van der Waals surface area contributed by atoms with Gasteiger partial charge in [-0.25, -0.2) is 14.8 Å². The van der Waals surface area contributed by atoms with Crippen LogP contribution in [-0.4, -0.2) is 66.0 Å². The predicted molar refractivity (Wildman–Crippen MR) is 160 cm³/mol. The second-order valence-corrected chi connectivity index (χ2v) is 18.1. The molecular formula is C29H41BN4O5Si. The molecule has 0 spiro atoms. The lowest BCUT2D eigenvalue weighted by atomic mass is 9.95. The van der Waals surface area contributed by atoms with E-state index in [1.54, 1.807) is 17.2 Å². The molecule has 3 aromatic rings. The van der Waals surface area contributed by atoms with Crippen LogP contribution < -0.4 is 0 Å². The molecule has 1 saturated heterocycles. The van der Waals surface area contributed by atoms with Crippen LogP contribution in [0, 0.1) is 0 Å². The van der Waals surface area contributed by atoms with Gasteiger partial charge in [-0.1, -0.05) is 37.8 Å². The fraction of sp³-hybridized carbons (Fsp3) is 0.517. The quantitative estimate of drug-likeness (QED) is 0.174. The smallest absolute Gasteiger partial charge is 0.410 e. The summed E-state index contributed by atoms with van der Waals surface area (Å²) in [6, 6.07) is 8.18. The van der Waals surface area contributed by atoms with E-state index in [1.165, 1.54) is 0 Å². The summed E-state index contributed by atoms with van der Waals surface area (Å²) in [4.78, 5) is 36.4. The number of amides is 1. The lowest BCUT2D eigenvalue weighted by Crippen LogP contribution is -2.37. The number of aromatic nitrogens is 3. The molecule has 40 heavy (non-hydrogen) atoms. The maximum absolute atomic E-state index is 13.0. The van der Waals surface area contributed by atoms with E-state index in [9.17, 15) is 9.59 Å². The second kappa shape index (κ2) is 12.1. The van der Waals surface area contributed by atoms with Crippen molar-refractivity contribution < 1.29 is 23.5 Å². The number of benzene rings is 1. The first kappa shape index (κ1) is 29.8. The van der Waals surface area contributed by atoms with Crippen LogP contribution in [0.5, 0.6) is 0 Å². The summed E-state index contributed by atoms with van der Waals surface area (Å²) >= 11 is 0. The zero-order valence-electron chi connectivity index (χ0n) is 24.8. The molecule has 0 saturated carbocycles. The Morgan fingerprint density at radius 3 is 2.70 bits per heavy atom. The molecule has 4 rings (SSSR count). The second-order valence-electron chi connectivity index (χ2n) is 12.5. The molecule has 3 heterocycles. The van der Waals surface area contributed by atoms with Gasteiger partial charge in [-0.2, -0.15) is 0 Å². The zero-order valence-corrected chi connectivity index (χ0v) is 25.8. The van der Waals surface area contributed by atoms with Gasteiger partial charge in [0, 0.05) is 38.5 Å². The highest BCUT2D eigenvalue weighted by Crippen LogP contribution is 2.35. The van der Waals surface area contributed by atoms with Crippen molar-refractivity contribution in [3.8, 4) is 22.9 Å². The van der Waals surface area contributed by atoms with Gasteiger partial charge in [0.05, 0.1) is 12.2 Å². The van der Waals surface area contributed by atoms with E-state index in [2.05, 4.69) is 24.6 Å². The molecule has 11 heteroatoms. The number of Topliss-reactive ketones (excluding diaryl/α,β-unsaturated/α-hetero) is 1. The van der Waals surface area contributed by atoms with Crippen molar-refractivity contribution in [2.24, 2.45) is 0 Å². The van der Waals surface area contributed by atoms with E-state index >= 15 is 0 Å². The zero-order chi connectivity index (χ0) is 29.1. The highest BCUT2D eigenvalue weighted by atomic mass is 28.3. The largest absolute Gasteiger partial charge is 0.444 e. The molecule has 1 amide bonds. The van der Waals surface area contributed by atoms with Crippen molar-refractivity contribution in [2.45, 2.75) is 84.0 Å². The summed E-state index contributed by atoms with van der Waals surface area (Å²) < 4.78 is 19.9. The highest BCUT2D eigenvalue weighted by molar-refractivity contribution is 6.76. The van der Waals surface area contributed by atoms with Gasteiger partial charge in [-0.05, 0) is 52.0 Å². The van der Waals surface area contributed by atoms with Crippen LogP contribution in [0.25, 0.3) is 22.9 Å². The average molecular weight is 565 g/mol. The number of oxazole rings is 1. The third-order valence-electron chi connectivity index (χ3n) is 6.73. The van der Waals surface area contributed by atoms with E-state index in [1.807, 2.05) is 57.6 Å². The molecule has 1 aromatic carbocycles. The maximum atomic E-state index is 13.0. The fourth-order valence-electron chi connectivity index (χ4n) is 4.59. The van der Waals surface area contributed by atoms with Crippen LogP contribution in [0.1, 0.15) is 55.8 Å². The molecule has 0 N–H and O–H groups in total. The van der Waals surface area contributed by atoms with E-state index in [0.29, 0.717) is 49.1 Å². The number of carbonyl (C=O) groups excluding carboxylic acids is 2. The Balaban J connectivity index is 1.63. The average Bonchev–Trinajstić information content (AvgIpc) is 3.64. The Bertz CT molecular complexity index is 1340. The van der Waals surface area contributed by atoms with Crippen LogP contribution in [0.2, 0.25) is 32.0 Å². The summed E-state index contributed by atoms with van der Waals surface area (Å²) in [5.41, 5.74) is 1.40. The van der Waals surface area contributed by atoms with Crippen molar-refractivity contribution in [3.05, 3.63) is 48.0 Å². The normalized spacial score (nSPS) is 15.9. The SMILES string of the molecule is BCC(=O)c1cccc(-c2cnc(-c3cn(COCC[Si](C)(C)C)c([C@@H]4CCCN4C(=O)OC(C)(C)C)n3)o2)c1. The number of hydrogen-bond donors (Lipinski definition) is 0. The summed E-state index contributed by atoms with van der Waals surface area (Å²) in [5, 5.41) is 0. The minimum Gasteiger partial charge on any atom is -0.444 e. The fourth-order valence-corrected chi connectivity index (χ4v) is 5.35. The van der Waals surface area contributed by atoms with Gasteiger partial charge >= 0.3 is 6.09 Å². The first-order valence-corrected chi connectivity index (χ1v) is 17.8. The minimum absolute atomic E-state index is 0.0743. The Hall–Kier alpha value is -3.18. The van der Waals surface area contributed by atoms with Crippen molar-refractivity contribution >= 4 is 27.8 Å². The van der Waals surface area contributed by atoms with Crippen LogP contribution in [0.4, 0.5) is 4.79 Å². The molecule has 1 fully saturated rings. The van der Waals surface area contributed by atoms with E-state index in [4.69, 9.17) is 18.9 Å².